The van der Waals surface area contributed by atoms with Gasteiger partial charge in [0, 0.05) is 24.1 Å². The Bertz CT molecular complexity index is 1250. The van der Waals surface area contributed by atoms with E-state index in [2.05, 4.69) is 47.9 Å². The molecule has 7 heteroatoms. The smallest absolute Gasteiger partial charge is 0.409 e. The van der Waals surface area contributed by atoms with Gasteiger partial charge < -0.3 is 18.9 Å². The van der Waals surface area contributed by atoms with Gasteiger partial charge in [0.2, 0.25) is 0 Å². The van der Waals surface area contributed by atoms with Crippen molar-refractivity contribution in [1.82, 2.24) is 14.5 Å². The van der Waals surface area contributed by atoms with E-state index in [4.69, 9.17) is 14.5 Å². The Morgan fingerprint density at radius 2 is 1.89 bits per heavy atom. The van der Waals surface area contributed by atoms with Crippen LogP contribution in [-0.2, 0) is 33.7 Å². The lowest BCUT2D eigenvalue weighted by Crippen LogP contribution is -2.35. The third kappa shape index (κ3) is 4.59. The SMILES string of the molecule is COC(=O)C1CCCC(c2nc3c4c(ccc3n2C(C)Cc2ccccc2)CCN(C(=O)OC)C4)C1. The number of benzene rings is 2. The van der Waals surface area contributed by atoms with E-state index in [1.54, 1.807) is 4.90 Å². The Labute approximate surface area is 212 Å². The Morgan fingerprint density at radius 3 is 2.64 bits per heavy atom. The number of hydrogen-bond donors (Lipinski definition) is 0. The normalized spacial score (nSPS) is 20.6. The van der Waals surface area contributed by atoms with Gasteiger partial charge in [-0.2, -0.15) is 0 Å². The van der Waals surface area contributed by atoms with Gasteiger partial charge in [-0.1, -0.05) is 42.8 Å². The lowest BCUT2D eigenvalue weighted by Gasteiger charge is -2.29. The molecule has 1 aliphatic heterocycles. The number of nitrogens with zero attached hydrogens (tertiary/aromatic N) is 3. The highest BCUT2D eigenvalue weighted by molar-refractivity contribution is 5.82. The minimum Gasteiger partial charge on any atom is -0.469 e. The van der Waals surface area contributed by atoms with Crippen molar-refractivity contribution in [2.45, 2.75) is 64.0 Å². The van der Waals surface area contributed by atoms with Crippen molar-refractivity contribution >= 4 is 23.1 Å². The molecule has 2 aliphatic rings. The van der Waals surface area contributed by atoms with Crippen LogP contribution < -0.4 is 0 Å². The van der Waals surface area contributed by atoms with Crippen LogP contribution in [0.25, 0.3) is 11.0 Å². The van der Waals surface area contributed by atoms with E-state index in [-0.39, 0.29) is 29.9 Å². The number of carbonyl (C=O) groups is 2. The van der Waals surface area contributed by atoms with E-state index in [1.807, 2.05) is 6.07 Å². The van der Waals surface area contributed by atoms with Crippen molar-refractivity contribution < 1.29 is 19.1 Å². The van der Waals surface area contributed by atoms with Crippen molar-refractivity contribution in [2.75, 3.05) is 20.8 Å². The minimum absolute atomic E-state index is 0.0878. The molecular weight excluding hydrogens is 454 g/mol. The van der Waals surface area contributed by atoms with E-state index in [9.17, 15) is 9.59 Å². The van der Waals surface area contributed by atoms with Crippen LogP contribution in [0, 0.1) is 5.92 Å². The van der Waals surface area contributed by atoms with Gasteiger partial charge >= 0.3 is 12.1 Å². The number of rotatable bonds is 5. The Kier molecular flexibility index (Phi) is 6.99. The van der Waals surface area contributed by atoms with E-state index < -0.39 is 0 Å². The van der Waals surface area contributed by atoms with Crippen LogP contribution in [0.3, 0.4) is 0 Å². The van der Waals surface area contributed by atoms with Crippen molar-refractivity contribution in [1.29, 1.82) is 0 Å². The van der Waals surface area contributed by atoms with Gasteiger partial charge in [0.25, 0.3) is 0 Å². The van der Waals surface area contributed by atoms with Gasteiger partial charge in [-0.3, -0.25) is 4.79 Å². The fourth-order valence-electron chi connectivity index (χ4n) is 6.10. The highest BCUT2D eigenvalue weighted by Crippen LogP contribution is 2.40. The maximum absolute atomic E-state index is 12.4. The molecule has 3 aromatic rings. The molecule has 3 atom stereocenters. The maximum Gasteiger partial charge on any atom is 0.409 e. The highest BCUT2D eigenvalue weighted by atomic mass is 16.5. The summed E-state index contributed by atoms with van der Waals surface area (Å²) in [5.41, 5.74) is 5.70. The van der Waals surface area contributed by atoms with Crippen LogP contribution in [0.1, 0.15) is 67.1 Å². The van der Waals surface area contributed by atoms with Gasteiger partial charge in [0.15, 0.2) is 0 Å². The summed E-state index contributed by atoms with van der Waals surface area (Å²) >= 11 is 0. The van der Waals surface area contributed by atoms with Crippen LogP contribution in [0.4, 0.5) is 4.79 Å². The number of ether oxygens (including phenoxy) is 2. The molecule has 1 aromatic heterocycles. The van der Waals surface area contributed by atoms with Crippen molar-refractivity contribution in [3.63, 3.8) is 0 Å². The summed E-state index contributed by atoms with van der Waals surface area (Å²) in [4.78, 5) is 31.7. The summed E-state index contributed by atoms with van der Waals surface area (Å²) in [7, 11) is 2.90. The molecule has 0 bridgehead atoms. The second kappa shape index (κ2) is 10.3. The summed E-state index contributed by atoms with van der Waals surface area (Å²) in [6.45, 7) is 3.39. The molecule has 0 N–H and O–H groups in total. The number of amides is 1. The monoisotopic (exact) mass is 489 g/mol. The molecule has 1 saturated carbocycles. The molecule has 1 amide bonds. The number of esters is 1. The number of methoxy groups -OCH3 is 2. The average Bonchev–Trinajstić information content (AvgIpc) is 3.33. The van der Waals surface area contributed by atoms with Crippen molar-refractivity contribution in [3.8, 4) is 0 Å². The summed E-state index contributed by atoms with van der Waals surface area (Å²) in [5, 5.41) is 0. The first-order chi connectivity index (χ1) is 17.5. The lowest BCUT2D eigenvalue weighted by molar-refractivity contribution is -0.146. The van der Waals surface area contributed by atoms with Gasteiger partial charge in [0.05, 0.1) is 37.7 Å². The maximum atomic E-state index is 12.4. The first-order valence-corrected chi connectivity index (χ1v) is 13.0. The summed E-state index contributed by atoms with van der Waals surface area (Å²) < 4.78 is 12.5. The third-order valence-electron chi connectivity index (χ3n) is 7.91. The molecule has 1 fully saturated rings. The fourth-order valence-corrected chi connectivity index (χ4v) is 6.10. The zero-order chi connectivity index (χ0) is 25.2. The van der Waals surface area contributed by atoms with E-state index in [0.29, 0.717) is 13.1 Å². The molecule has 3 unspecified atom stereocenters. The summed E-state index contributed by atoms with van der Waals surface area (Å²) in [6.07, 6.45) is 4.98. The number of aromatic nitrogens is 2. The molecule has 7 nitrogen and oxygen atoms in total. The minimum atomic E-state index is -0.303. The van der Waals surface area contributed by atoms with Crippen molar-refractivity contribution in [3.05, 3.63) is 65.0 Å². The van der Waals surface area contributed by atoms with Crippen LogP contribution in [0.2, 0.25) is 0 Å². The Hall–Kier alpha value is -3.35. The number of fused-ring (bicyclic) bond motifs is 3. The zero-order valence-electron chi connectivity index (χ0n) is 21.4. The Balaban J connectivity index is 1.59. The van der Waals surface area contributed by atoms with E-state index in [0.717, 1.165) is 60.9 Å². The predicted octanol–water partition coefficient (Wildman–Crippen LogP) is 5.41. The molecular formula is C29H35N3O4. The van der Waals surface area contributed by atoms with Crippen molar-refractivity contribution in [2.24, 2.45) is 5.92 Å². The molecule has 36 heavy (non-hydrogen) atoms. The van der Waals surface area contributed by atoms with Gasteiger partial charge in [-0.05, 0) is 56.2 Å². The zero-order valence-corrected chi connectivity index (χ0v) is 21.4. The molecule has 190 valence electrons. The third-order valence-corrected chi connectivity index (χ3v) is 7.91. The van der Waals surface area contributed by atoms with Crippen LogP contribution in [0.15, 0.2) is 42.5 Å². The van der Waals surface area contributed by atoms with Gasteiger partial charge in [-0.25, -0.2) is 9.78 Å². The first-order valence-electron chi connectivity index (χ1n) is 13.0. The second-order valence-electron chi connectivity index (χ2n) is 10.2. The van der Waals surface area contributed by atoms with Crippen LogP contribution in [0.5, 0.6) is 0 Å². The lowest BCUT2D eigenvalue weighted by atomic mass is 9.81. The molecule has 0 saturated heterocycles. The molecule has 0 radical (unpaired) electrons. The molecule has 0 spiro atoms. The molecule has 5 rings (SSSR count). The first kappa shape index (κ1) is 24.3. The second-order valence-corrected chi connectivity index (χ2v) is 10.2. The molecule has 2 heterocycles. The Morgan fingerprint density at radius 1 is 1.08 bits per heavy atom. The van der Waals surface area contributed by atoms with Gasteiger partial charge in [0.1, 0.15) is 5.82 Å². The molecule has 2 aromatic carbocycles. The van der Waals surface area contributed by atoms with Crippen LogP contribution >= 0.6 is 0 Å². The average molecular weight is 490 g/mol. The predicted molar refractivity (Wildman–Crippen MR) is 138 cm³/mol. The van der Waals surface area contributed by atoms with Gasteiger partial charge in [-0.15, -0.1) is 0 Å². The fraction of sp³-hybridized carbons (Fsp3) is 0.483. The highest BCUT2D eigenvalue weighted by Gasteiger charge is 2.34. The van der Waals surface area contributed by atoms with E-state index in [1.165, 1.54) is 25.3 Å². The number of hydrogen-bond acceptors (Lipinski definition) is 5. The number of imidazole rings is 1. The summed E-state index contributed by atoms with van der Waals surface area (Å²) in [6, 6.07) is 15.1. The number of carbonyl (C=O) groups excluding carboxylic acids is 2. The topological polar surface area (TPSA) is 73.7 Å². The van der Waals surface area contributed by atoms with E-state index >= 15 is 0 Å². The largest absolute Gasteiger partial charge is 0.469 e. The standard InChI is InChI=1S/C29H35N3O4/c1-19(16-20-8-5-4-6-9-20)32-25-13-12-21-14-15-31(29(34)36-3)18-24(21)26(25)30-27(32)22-10-7-11-23(17-22)28(33)35-2/h4-6,8-9,12-13,19,22-23H,7,10-11,14-18H2,1-3H3. The quantitative estimate of drug-likeness (QED) is 0.448. The van der Waals surface area contributed by atoms with Crippen LogP contribution in [-0.4, -0.2) is 47.3 Å². The summed E-state index contributed by atoms with van der Waals surface area (Å²) in [5.74, 6) is 1.02. The molecule has 1 aliphatic carbocycles.